The van der Waals surface area contributed by atoms with E-state index < -0.39 is 0 Å². The monoisotopic (exact) mass is 252 g/mol. The molecule has 0 saturated carbocycles. The summed E-state index contributed by atoms with van der Waals surface area (Å²) in [7, 11) is 0. The molecule has 19 heavy (non-hydrogen) atoms. The van der Waals surface area contributed by atoms with Crippen LogP contribution in [0.2, 0.25) is 0 Å². The number of hydrogen-bond acceptors (Lipinski definition) is 1. The van der Waals surface area contributed by atoms with Gasteiger partial charge in [-0.15, -0.1) is 0 Å². The zero-order valence-corrected chi connectivity index (χ0v) is 11.4. The Morgan fingerprint density at radius 2 is 1.74 bits per heavy atom. The van der Waals surface area contributed by atoms with Crippen molar-refractivity contribution in [3.05, 3.63) is 33.9 Å². The van der Waals surface area contributed by atoms with Gasteiger partial charge >= 0.3 is 0 Å². The van der Waals surface area contributed by atoms with Crippen molar-refractivity contribution in [3.63, 3.8) is 0 Å². The van der Waals surface area contributed by atoms with Crippen LogP contribution in [0.4, 0.5) is 0 Å². The summed E-state index contributed by atoms with van der Waals surface area (Å²) in [6.07, 6.45) is 10.1. The fraction of sp³-hybridized carbons (Fsp3) is 0.611. The van der Waals surface area contributed by atoms with Crippen molar-refractivity contribution < 1.29 is 4.79 Å². The largest absolute Gasteiger partial charge is 0.294 e. The number of aryl methyl sites for hydroxylation is 1. The molecule has 98 valence electrons. The van der Waals surface area contributed by atoms with E-state index in [1.807, 2.05) is 0 Å². The first kappa shape index (κ1) is 10.7. The van der Waals surface area contributed by atoms with Crippen molar-refractivity contribution in [2.75, 3.05) is 0 Å². The summed E-state index contributed by atoms with van der Waals surface area (Å²) >= 11 is 0. The SMILES string of the molecule is O=C1CC2CCC3CC4CCCCc5cc1c2c3c54. The van der Waals surface area contributed by atoms with Gasteiger partial charge < -0.3 is 0 Å². The van der Waals surface area contributed by atoms with Gasteiger partial charge in [0.05, 0.1) is 0 Å². The highest BCUT2D eigenvalue weighted by atomic mass is 16.1. The molecule has 0 aromatic heterocycles. The molecule has 0 saturated heterocycles. The maximum absolute atomic E-state index is 12.3. The molecule has 0 radical (unpaired) electrons. The van der Waals surface area contributed by atoms with Crippen LogP contribution in [0.25, 0.3) is 0 Å². The van der Waals surface area contributed by atoms with E-state index in [-0.39, 0.29) is 0 Å². The molecule has 4 aliphatic rings. The first-order chi connectivity index (χ1) is 9.33. The molecule has 0 bridgehead atoms. The van der Waals surface area contributed by atoms with Crippen LogP contribution < -0.4 is 0 Å². The standard InChI is InChI=1S/C18H20O/c19-15-9-13-6-5-12-7-10-3-1-2-4-11-8-14(15)17(13)18(12)16(10)11/h8,10,12-13H,1-7,9H2. The van der Waals surface area contributed by atoms with Crippen LogP contribution in [-0.2, 0) is 6.42 Å². The molecule has 0 fully saturated rings. The number of benzene rings is 1. The third-order valence-corrected chi connectivity index (χ3v) is 6.17. The number of carbonyl (C=O) groups is 1. The number of Topliss-reactive ketones (excluding diaryl/α,β-unsaturated/α-hetero) is 1. The lowest BCUT2D eigenvalue weighted by Gasteiger charge is -2.27. The Morgan fingerprint density at radius 3 is 2.68 bits per heavy atom. The average molecular weight is 252 g/mol. The van der Waals surface area contributed by atoms with Crippen LogP contribution in [0, 0.1) is 0 Å². The smallest absolute Gasteiger partial charge is 0.163 e. The van der Waals surface area contributed by atoms with Crippen molar-refractivity contribution in [3.8, 4) is 0 Å². The Balaban J connectivity index is 1.85. The van der Waals surface area contributed by atoms with Crippen molar-refractivity contribution in [1.29, 1.82) is 0 Å². The minimum atomic E-state index is 0.437. The van der Waals surface area contributed by atoms with Gasteiger partial charge in [-0.3, -0.25) is 4.79 Å². The number of hydrogen-bond donors (Lipinski definition) is 0. The molecule has 1 aromatic carbocycles. The summed E-state index contributed by atoms with van der Waals surface area (Å²) in [5.41, 5.74) is 7.60. The van der Waals surface area contributed by atoms with Gasteiger partial charge in [-0.05, 0) is 84.6 Å². The molecule has 0 N–H and O–H groups in total. The third kappa shape index (κ3) is 1.24. The van der Waals surface area contributed by atoms with Gasteiger partial charge in [-0.1, -0.05) is 6.42 Å². The van der Waals surface area contributed by atoms with Crippen LogP contribution in [0.1, 0.15) is 95.3 Å². The zero-order valence-electron chi connectivity index (χ0n) is 11.4. The molecule has 3 unspecified atom stereocenters. The van der Waals surface area contributed by atoms with Gasteiger partial charge in [-0.2, -0.15) is 0 Å². The van der Waals surface area contributed by atoms with Crippen molar-refractivity contribution >= 4 is 5.78 Å². The molecule has 1 aromatic rings. The Morgan fingerprint density at radius 1 is 0.895 bits per heavy atom. The first-order valence-corrected chi connectivity index (χ1v) is 8.05. The van der Waals surface area contributed by atoms with E-state index in [0.29, 0.717) is 11.7 Å². The molecule has 1 heteroatoms. The second kappa shape index (κ2) is 3.50. The summed E-state index contributed by atoms with van der Waals surface area (Å²) in [5.74, 6) is 2.65. The molecule has 0 spiro atoms. The van der Waals surface area contributed by atoms with E-state index in [2.05, 4.69) is 6.07 Å². The molecule has 4 aliphatic carbocycles. The lowest BCUT2D eigenvalue weighted by molar-refractivity contribution is 0.0987. The molecular formula is C18H20O. The van der Waals surface area contributed by atoms with Gasteiger partial charge in [0.1, 0.15) is 0 Å². The summed E-state index contributed by atoms with van der Waals surface area (Å²) in [6.45, 7) is 0. The third-order valence-electron chi connectivity index (χ3n) is 6.17. The van der Waals surface area contributed by atoms with Crippen molar-refractivity contribution in [2.45, 2.75) is 69.1 Å². The number of ketones is 1. The maximum Gasteiger partial charge on any atom is 0.163 e. The zero-order chi connectivity index (χ0) is 12.6. The number of rotatable bonds is 0. The quantitative estimate of drug-likeness (QED) is 0.666. The van der Waals surface area contributed by atoms with Gasteiger partial charge in [0.2, 0.25) is 0 Å². The topological polar surface area (TPSA) is 17.1 Å². The van der Waals surface area contributed by atoms with E-state index in [9.17, 15) is 4.79 Å². The van der Waals surface area contributed by atoms with Crippen LogP contribution in [0.3, 0.4) is 0 Å². The summed E-state index contributed by atoms with van der Waals surface area (Å²) in [4.78, 5) is 12.3. The van der Waals surface area contributed by atoms with Crippen LogP contribution >= 0.6 is 0 Å². The van der Waals surface area contributed by atoms with Gasteiger partial charge in [0.25, 0.3) is 0 Å². The minimum absolute atomic E-state index is 0.437. The highest BCUT2D eigenvalue weighted by molar-refractivity contribution is 6.02. The summed E-state index contributed by atoms with van der Waals surface area (Å²) < 4.78 is 0. The summed E-state index contributed by atoms with van der Waals surface area (Å²) in [6, 6.07) is 2.31. The molecule has 0 aliphatic heterocycles. The van der Waals surface area contributed by atoms with Gasteiger partial charge in [-0.25, -0.2) is 0 Å². The molecule has 5 rings (SSSR count). The normalized spacial score (nSPS) is 34.3. The predicted octanol–water partition coefficient (Wildman–Crippen LogP) is 4.45. The first-order valence-electron chi connectivity index (χ1n) is 8.05. The highest BCUT2D eigenvalue weighted by Crippen LogP contribution is 2.58. The Kier molecular flexibility index (Phi) is 1.96. The van der Waals surface area contributed by atoms with E-state index in [0.717, 1.165) is 23.8 Å². The van der Waals surface area contributed by atoms with Gasteiger partial charge in [0.15, 0.2) is 5.78 Å². The van der Waals surface area contributed by atoms with E-state index in [1.54, 1.807) is 16.7 Å². The Hall–Kier alpha value is -1.11. The minimum Gasteiger partial charge on any atom is -0.294 e. The molecule has 3 atom stereocenters. The number of carbonyl (C=O) groups excluding carboxylic acids is 1. The molecule has 0 amide bonds. The fourth-order valence-corrected chi connectivity index (χ4v) is 5.49. The van der Waals surface area contributed by atoms with Crippen LogP contribution in [0.15, 0.2) is 6.07 Å². The van der Waals surface area contributed by atoms with E-state index >= 15 is 0 Å². The highest BCUT2D eigenvalue weighted by Gasteiger charge is 2.44. The second-order valence-electron chi connectivity index (χ2n) is 7.10. The fourth-order valence-electron chi connectivity index (χ4n) is 5.49. The van der Waals surface area contributed by atoms with Gasteiger partial charge in [0, 0.05) is 12.0 Å². The van der Waals surface area contributed by atoms with Crippen LogP contribution in [-0.4, -0.2) is 5.78 Å². The van der Waals surface area contributed by atoms with E-state index in [1.165, 1.54) is 50.5 Å². The lowest BCUT2D eigenvalue weighted by atomic mass is 9.77. The van der Waals surface area contributed by atoms with Crippen molar-refractivity contribution in [2.24, 2.45) is 0 Å². The second-order valence-corrected chi connectivity index (χ2v) is 7.10. The lowest BCUT2D eigenvalue weighted by Crippen LogP contribution is -2.11. The Bertz CT molecular complexity index is 598. The van der Waals surface area contributed by atoms with E-state index in [4.69, 9.17) is 0 Å². The maximum atomic E-state index is 12.3. The predicted molar refractivity (Wildman–Crippen MR) is 75.0 cm³/mol. The molecule has 0 heterocycles. The summed E-state index contributed by atoms with van der Waals surface area (Å²) in [5, 5.41) is 0. The van der Waals surface area contributed by atoms with Crippen LogP contribution in [0.5, 0.6) is 0 Å². The van der Waals surface area contributed by atoms with Crippen molar-refractivity contribution in [1.82, 2.24) is 0 Å². The average Bonchev–Trinajstić information content (AvgIpc) is 2.84. The Labute approximate surface area is 114 Å². The molecule has 1 nitrogen and oxygen atoms in total. The molecular weight excluding hydrogens is 232 g/mol.